The van der Waals surface area contributed by atoms with E-state index in [9.17, 15) is 0 Å². The fraction of sp³-hybridized carbons (Fsp3) is 0.269. The average Bonchev–Trinajstić information content (AvgIpc) is 2.91. The highest BCUT2D eigenvalue weighted by molar-refractivity contribution is 6.74. The molecule has 0 radical (unpaired) electrons. The summed E-state index contributed by atoms with van der Waals surface area (Å²) < 4.78 is 6.56. The molecule has 0 bridgehead atoms. The number of nitrogens with zero attached hydrogens (tertiary/aromatic N) is 4. The summed E-state index contributed by atoms with van der Waals surface area (Å²) in [6.07, 6.45) is 5.90. The largest absolute Gasteiger partial charge is 0.543 e. The van der Waals surface area contributed by atoms with Crippen LogP contribution in [0.4, 0.5) is 23.0 Å². The Morgan fingerprint density at radius 1 is 1.06 bits per heavy atom. The summed E-state index contributed by atoms with van der Waals surface area (Å²) in [5.74, 6) is 1.17. The Hall–Kier alpha value is -3.63. The molecule has 0 fully saturated rings. The lowest BCUT2D eigenvalue weighted by Gasteiger charge is -2.36. The van der Waals surface area contributed by atoms with E-state index in [4.69, 9.17) is 16.7 Å². The van der Waals surface area contributed by atoms with Gasteiger partial charge in [-0.1, -0.05) is 57.7 Å². The smallest absolute Gasteiger partial charge is 0.312 e. The molecule has 1 aromatic heterocycles. The number of nitrogen functional groups attached to an aromatic ring is 1. The number of benzene rings is 2. The lowest BCUT2D eigenvalue weighted by molar-refractivity contribution is 0.492. The fourth-order valence-corrected chi connectivity index (χ4v) is 4.54. The zero-order valence-corrected chi connectivity index (χ0v) is 20.8. The molecule has 0 atom stereocenters. The Labute approximate surface area is 196 Å². The van der Waals surface area contributed by atoms with Gasteiger partial charge in [-0.2, -0.15) is 0 Å². The molecular formula is C26H29N5OSi. The lowest BCUT2D eigenvalue weighted by atomic mass is 10.1. The first-order valence-corrected chi connectivity index (χ1v) is 13.9. The van der Waals surface area contributed by atoms with Gasteiger partial charge in [0, 0.05) is 16.9 Å². The van der Waals surface area contributed by atoms with Gasteiger partial charge in [0.1, 0.15) is 11.6 Å². The molecule has 4 rings (SSSR count). The molecule has 0 aliphatic carbocycles. The third kappa shape index (κ3) is 4.48. The zero-order valence-electron chi connectivity index (χ0n) is 19.8. The van der Waals surface area contributed by atoms with Crippen molar-refractivity contribution in [2.24, 2.45) is 0 Å². The first-order valence-electron chi connectivity index (χ1n) is 11.0. The summed E-state index contributed by atoms with van der Waals surface area (Å²) in [4.78, 5) is 14.2. The maximum Gasteiger partial charge on any atom is 0.312 e. The van der Waals surface area contributed by atoms with Crippen LogP contribution in [-0.4, -0.2) is 18.3 Å². The monoisotopic (exact) mass is 455 g/mol. The molecule has 1 aliphatic heterocycles. The van der Waals surface area contributed by atoms with Crippen molar-refractivity contribution in [3.05, 3.63) is 76.9 Å². The third-order valence-electron chi connectivity index (χ3n) is 6.40. The summed E-state index contributed by atoms with van der Waals surface area (Å²) in [6.45, 7) is 19.0. The Bertz CT molecular complexity index is 1270. The Morgan fingerprint density at radius 2 is 1.76 bits per heavy atom. The Morgan fingerprint density at radius 3 is 2.48 bits per heavy atom. The van der Waals surface area contributed by atoms with Crippen LogP contribution in [-0.2, 0) is 6.54 Å². The van der Waals surface area contributed by atoms with Gasteiger partial charge in [-0.05, 0) is 48.0 Å². The first kappa shape index (κ1) is 22.6. The summed E-state index contributed by atoms with van der Waals surface area (Å²) >= 11 is 0. The summed E-state index contributed by atoms with van der Waals surface area (Å²) in [5.41, 5.74) is 10.7. The minimum absolute atomic E-state index is 0.117. The van der Waals surface area contributed by atoms with Crippen molar-refractivity contribution in [3.8, 4) is 5.75 Å². The van der Waals surface area contributed by atoms with Crippen molar-refractivity contribution < 1.29 is 4.43 Å². The predicted octanol–water partition coefficient (Wildman–Crippen LogP) is 6.82. The highest BCUT2D eigenvalue weighted by atomic mass is 28.4. The number of hydrogen-bond acceptors (Lipinski definition) is 5. The van der Waals surface area contributed by atoms with Crippen molar-refractivity contribution in [1.29, 1.82) is 0 Å². The molecule has 0 saturated heterocycles. The normalized spacial score (nSPS) is 13.0. The Balaban J connectivity index is 1.77. The van der Waals surface area contributed by atoms with Crippen LogP contribution in [0.3, 0.4) is 0 Å². The summed E-state index contributed by atoms with van der Waals surface area (Å²) in [6, 6.07) is 14.5. The lowest BCUT2D eigenvalue weighted by Crippen LogP contribution is -2.43. The second-order valence-corrected chi connectivity index (χ2v) is 14.5. The van der Waals surface area contributed by atoms with Gasteiger partial charge in [0.15, 0.2) is 5.69 Å². The molecule has 0 amide bonds. The summed E-state index contributed by atoms with van der Waals surface area (Å²) in [7, 11) is -1.96. The van der Waals surface area contributed by atoms with E-state index in [1.165, 1.54) is 0 Å². The van der Waals surface area contributed by atoms with Gasteiger partial charge in [-0.15, -0.1) is 4.98 Å². The number of para-hydroxylation sites is 1. The number of aromatic nitrogens is 2. The highest BCUT2D eigenvalue weighted by Crippen LogP contribution is 2.41. The van der Waals surface area contributed by atoms with Crippen molar-refractivity contribution in [2.45, 2.75) is 45.4 Å². The fourth-order valence-electron chi connectivity index (χ4n) is 3.52. The first-order chi connectivity index (χ1) is 15.6. The third-order valence-corrected chi connectivity index (χ3v) is 10.8. The van der Waals surface area contributed by atoms with Crippen LogP contribution in [0.2, 0.25) is 18.1 Å². The maximum atomic E-state index is 7.32. The molecule has 2 N–H and O–H groups in total. The molecule has 3 aromatic rings. The molecule has 1 aliphatic rings. The molecular weight excluding hydrogens is 426 g/mol. The van der Waals surface area contributed by atoms with E-state index < -0.39 is 8.32 Å². The molecule has 7 heteroatoms. The minimum atomic E-state index is -1.96. The van der Waals surface area contributed by atoms with Gasteiger partial charge in [-0.3, -0.25) is 0 Å². The van der Waals surface area contributed by atoms with E-state index in [2.05, 4.69) is 90.0 Å². The van der Waals surface area contributed by atoms with Crippen LogP contribution in [0.15, 0.2) is 48.7 Å². The highest BCUT2D eigenvalue weighted by Gasteiger charge is 2.39. The van der Waals surface area contributed by atoms with Crippen LogP contribution in [0, 0.1) is 6.57 Å². The van der Waals surface area contributed by atoms with Crippen LogP contribution >= 0.6 is 0 Å². The van der Waals surface area contributed by atoms with E-state index in [1.807, 2.05) is 18.2 Å². The molecule has 33 heavy (non-hydrogen) atoms. The molecule has 168 valence electrons. The van der Waals surface area contributed by atoms with E-state index in [0.29, 0.717) is 12.2 Å². The van der Waals surface area contributed by atoms with Crippen LogP contribution in [0.1, 0.15) is 37.6 Å². The molecule has 2 heterocycles. The van der Waals surface area contributed by atoms with Crippen molar-refractivity contribution in [2.75, 3.05) is 10.6 Å². The van der Waals surface area contributed by atoms with Gasteiger partial charge >= 0.3 is 5.82 Å². The van der Waals surface area contributed by atoms with E-state index in [-0.39, 0.29) is 16.7 Å². The van der Waals surface area contributed by atoms with Crippen LogP contribution < -0.4 is 15.1 Å². The predicted molar refractivity (Wildman–Crippen MR) is 138 cm³/mol. The van der Waals surface area contributed by atoms with Gasteiger partial charge in [0.25, 0.3) is 0 Å². The van der Waals surface area contributed by atoms with E-state index >= 15 is 0 Å². The molecule has 2 aromatic carbocycles. The number of anilines is 3. The standard InChI is InChI=1S/C26H29N5OSi/c1-26(2,3)33(5,6)32-21-13-14-23-19(15-21)12-11-18-9-7-8-10-22(18)31(23)17-20-16-29-24(27)25(28-4)30-20/h7-16H,17H2,1-3,5-6H3,(H2,27,29). The second kappa shape index (κ2) is 8.37. The Kier molecular flexibility index (Phi) is 5.72. The second-order valence-electron chi connectivity index (χ2n) is 9.74. The van der Waals surface area contributed by atoms with E-state index in [1.54, 1.807) is 6.20 Å². The number of fused-ring (bicyclic) bond motifs is 2. The van der Waals surface area contributed by atoms with Crippen molar-refractivity contribution >= 4 is 43.5 Å². The SMILES string of the molecule is [C-]#[N+]c1nc(CN2c3ccccc3C=Cc3cc(O[Si](C)(C)C(C)(C)C)ccc32)cnc1N. The molecule has 0 saturated carbocycles. The van der Waals surface area contributed by atoms with Crippen LogP contribution in [0.25, 0.3) is 17.0 Å². The number of hydrogen-bond donors (Lipinski definition) is 1. The average molecular weight is 456 g/mol. The molecule has 0 unspecified atom stereocenters. The van der Waals surface area contributed by atoms with Gasteiger partial charge in [-0.25, -0.2) is 4.98 Å². The van der Waals surface area contributed by atoms with Gasteiger partial charge in [0.05, 0.1) is 12.7 Å². The van der Waals surface area contributed by atoms with Crippen LogP contribution in [0.5, 0.6) is 5.75 Å². The van der Waals surface area contributed by atoms with Gasteiger partial charge < -0.3 is 19.9 Å². The molecule has 6 nitrogen and oxygen atoms in total. The zero-order chi connectivity index (χ0) is 23.8. The quantitative estimate of drug-likeness (QED) is 0.345. The van der Waals surface area contributed by atoms with E-state index in [0.717, 1.165) is 28.3 Å². The molecule has 0 spiro atoms. The minimum Gasteiger partial charge on any atom is -0.543 e. The number of nitrogens with two attached hydrogens (primary N) is 1. The van der Waals surface area contributed by atoms with Crippen molar-refractivity contribution in [3.63, 3.8) is 0 Å². The van der Waals surface area contributed by atoms with Crippen molar-refractivity contribution in [1.82, 2.24) is 9.97 Å². The number of rotatable bonds is 4. The van der Waals surface area contributed by atoms with Gasteiger partial charge in [0.2, 0.25) is 8.32 Å². The topological polar surface area (TPSA) is 68.6 Å². The summed E-state index contributed by atoms with van der Waals surface area (Å²) in [5, 5.41) is 0.117. The maximum absolute atomic E-state index is 7.32.